The first-order valence-corrected chi connectivity index (χ1v) is 11.1. The maximum Gasteiger partial charge on any atom is 0.573 e. The van der Waals surface area contributed by atoms with Gasteiger partial charge in [-0.05, 0) is 49.4 Å². The van der Waals surface area contributed by atoms with E-state index >= 15 is 0 Å². The van der Waals surface area contributed by atoms with Gasteiger partial charge in [0.15, 0.2) is 0 Å². The summed E-state index contributed by atoms with van der Waals surface area (Å²) in [6.45, 7) is 4.58. The fraction of sp³-hybridized carbons (Fsp3) is 0.346. The van der Waals surface area contributed by atoms with Gasteiger partial charge in [-0.1, -0.05) is 62.2 Å². The Bertz CT molecular complexity index is 1090. The molecule has 2 N–H and O–H groups in total. The highest BCUT2D eigenvalue weighted by atomic mass is 19.4. The molecule has 1 amide bonds. The van der Waals surface area contributed by atoms with Crippen molar-refractivity contribution in [2.75, 3.05) is 0 Å². The Labute approximate surface area is 192 Å². The van der Waals surface area contributed by atoms with Crippen molar-refractivity contribution in [3.63, 3.8) is 0 Å². The normalized spacial score (nSPS) is 11.5. The number of amides is 1. The highest BCUT2D eigenvalue weighted by molar-refractivity contribution is 6.02. The molecule has 176 valence electrons. The van der Waals surface area contributed by atoms with E-state index in [-0.39, 0.29) is 5.75 Å². The second-order valence-electron chi connectivity index (χ2n) is 8.07. The lowest BCUT2D eigenvalue weighted by atomic mass is 9.97. The van der Waals surface area contributed by atoms with Crippen molar-refractivity contribution in [3.8, 4) is 16.9 Å². The van der Waals surface area contributed by atoms with Crippen LogP contribution in [0.3, 0.4) is 0 Å². The molecule has 0 spiro atoms. The van der Waals surface area contributed by atoms with Crippen molar-refractivity contribution in [1.82, 2.24) is 4.57 Å². The van der Waals surface area contributed by atoms with Crippen molar-refractivity contribution in [2.45, 2.75) is 58.9 Å². The van der Waals surface area contributed by atoms with Crippen LogP contribution in [0.15, 0.2) is 54.6 Å². The van der Waals surface area contributed by atoms with Crippen LogP contribution in [0.5, 0.6) is 5.75 Å². The van der Waals surface area contributed by atoms with Crippen LogP contribution in [0, 0.1) is 6.92 Å². The summed E-state index contributed by atoms with van der Waals surface area (Å²) in [7, 11) is 0. The van der Waals surface area contributed by atoms with Crippen molar-refractivity contribution >= 4 is 5.91 Å². The molecule has 1 heterocycles. The van der Waals surface area contributed by atoms with E-state index in [4.69, 9.17) is 5.73 Å². The monoisotopic (exact) mass is 458 g/mol. The van der Waals surface area contributed by atoms with Gasteiger partial charge in [0.05, 0.1) is 5.56 Å². The van der Waals surface area contributed by atoms with Gasteiger partial charge in [-0.3, -0.25) is 4.79 Å². The molecule has 0 aliphatic rings. The predicted molar refractivity (Wildman–Crippen MR) is 123 cm³/mol. The first-order valence-electron chi connectivity index (χ1n) is 11.1. The molecule has 7 heteroatoms. The molecule has 0 radical (unpaired) electrons. The average molecular weight is 459 g/mol. The van der Waals surface area contributed by atoms with Gasteiger partial charge in [-0.25, -0.2) is 0 Å². The van der Waals surface area contributed by atoms with Crippen molar-refractivity contribution in [1.29, 1.82) is 0 Å². The maximum absolute atomic E-state index is 12.8. The predicted octanol–water partition coefficient (Wildman–Crippen LogP) is 6.44. The van der Waals surface area contributed by atoms with Gasteiger partial charge in [0, 0.05) is 23.5 Å². The van der Waals surface area contributed by atoms with Crippen LogP contribution >= 0.6 is 0 Å². The molecular weight excluding hydrogens is 429 g/mol. The van der Waals surface area contributed by atoms with Gasteiger partial charge in [0.1, 0.15) is 5.75 Å². The summed E-state index contributed by atoms with van der Waals surface area (Å²) in [5.74, 6) is -0.926. The van der Waals surface area contributed by atoms with Crippen LogP contribution in [0.4, 0.5) is 13.2 Å². The molecule has 3 aromatic rings. The first-order chi connectivity index (χ1) is 15.7. The molecule has 0 unspecified atom stereocenters. The topological polar surface area (TPSA) is 57.2 Å². The Hall–Kier alpha value is -3.22. The number of carbonyl (C=O) groups is 1. The molecule has 3 rings (SSSR count). The molecule has 0 saturated carbocycles. The SMILES string of the molecule is CCCCCc1c(-c2cccc(OC(F)(F)F)c2)c(C(N)=O)c(C)n1CCc1ccccc1. The lowest BCUT2D eigenvalue weighted by molar-refractivity contribution is -0.274. The number of nitrogens with two attached hydrogens (primary N) is 1. The summed E-state index contributed by atoms with van der Waals surface area (Å²) in [5.41, 5.74) is 9.99. The summed E-state index contributed by atoms with van der Waals surface area (Å²) >= 11 is 0. The summed E-state index contributed by atoms with van der Waals surface area (Å²) in [6.07, 6.45) is -0.424. The number of primary amides is 1. The maximum atomic E-state index is 12.8. The molecule has 4 nitrogen and oxygen atoms in total. The van der Waals surface area contributed by atoms with Gasteiger partial charge in [-0.2, -0.15) is 0 Å². The molecule has 2 aromatic carbocycles. The highest BCUT2D eigenvalue weighted by Crippen LogP contribution is 2.36. The summed E-state index contributed by atoms with van der Waals surface area (Å²) in [5, 5.41) is 0. The first kappa shape index (κ1) is 24.4. The Morgan fingerprint density at radius 3 is 2.39 bits per heavy atom. The quantitative estimate of drug-likeness (QED) is 0.356. The van der Waals surface area contributed by atoms with Crippen LogP contribution < -0.4 is 10.5 Å². The molecule has 0 aliphatic heterocycles. The van der Waals surface area contributed by atoms with Crippen LogP contribution in [0.25, 0.3) is 11.1 Å². The zero-order valence-electron chi connectivity index (χ0n) is 18.9. The zero-order chi connectivity index (χ0) is 24.0. The minimum Gasteiger partial charge on any atom is -0.406 e. The third kappa shape index (κ3) is 6.18. The van der Waals surface area contributed by atoms with E-state index in [1.165, 1.54) is 18.2 Å². The van der Waals surface area contributed by atoms with Gasteiger partial charge in [0.25, 0.3) is 5.91 Å². The lowest BCUT2D eigenvalue weighted by Crippen LogP contribution is -2.17. The minimum atomic E-state index is -4.80. The average Bonchev–Trinajstić information content (AvgIpc) is 3.04. The lowest BCUT2D eigenvalue weighted by Gasteiger charge is -2.14. The number of carbonyl (C=O) groups excluding carboxylic acids is 1. The third-order valence-electron chi connectivity index (χ3n) is 5.72. The summed E-state index contributed by atoms with van der Waals surface area (Å²) in [4.78, 5) is 12.5. The fourth-order valence-electron chi connectivity index (χ4n) is 4.25. The van der Waals surface area contributed by atoms with E-state index in [0.29, 0.717) is 29.7 Å². The molecule has 0 atom stereocenters. The largest absolute Gasteiger partial charge is 0.573 e. The van der Waals surface area contributed by atoms with Crippen LogP contribution in [-0.2, 0) is 19.4 Å². The van der Waals surface area contributed by atoms with E-state index in [1.54, 1.807) is 6.07 Å². The zero-order valence-corrected chi connectivity index (χ0v) is 18.9. The van der Waals surface area contributed by atoms with E-state index < -0.39 is 12.3 Å². The number of alkyl halides is 3. The number of aryl methyl sites for hydroxylation is 1. The third-order valence-corrected chi connectivity index (χ3v) is 5.72. The Morgan fingerprint density at radius 2 is 1.76 bits per heavy atom. The summed E-state index contributed by atoms with van der Waals surface area (Å²) in [6, 6.07) is 15.8. The number of aromatic nitrogens is 1. The van der Waals surface area contributed by atoms with Gasteiger partial charge in [0.2, 0.25) is 0 Å². The van der Waals surface area contributed by atoms with E-state index in [0.717, 1.165) is 42.6 Å². The van der Waals surface area contributed by atoms with Gasteiger partial charge in [-0.15, -0.1) is 13.2 Å². The molecule has 0 fully saturated rings. The summed E-state index contributed by atoms with van der Waals surface area (Å²) < 4.78 is 44.6. The van der Waals surface area contributed by atoms with Crippen LogP contribution in [-0.4, -0.2) is 16.8 Å². The minimum absolute atomic E-state index is 0.329. The van der Waals surface area contributed by atoms with E-state index in [2.05, 4.69) is 16.2 Å². The second-order valence-corrected chi connectivity index (χ2v) is 8.07. The van der Waals surface area contributed by atoms with Gasteiger partial charge < -0.3 is 15.0 Å². The number of rotatable bonds is 10. The van der Waals surface area contributed by atoms with Crippen LogP contribution in [0.2, 0.25) is 0 Å². The Morgan fingerprint density at radius 1 is 1.03 bits per heavy atom. The molecular formula is C26H29F3N2O2. The van der Waals surface area contributed by atoms with Crippen molar-refractivity contribution in [2.24, 2.45) is 5.73 Å². The molecule has 0 aliphatic carbocycles. The fourth-order valence-corrected chi connectivity index (χ4v) is 4.25. The Balaban J connectivity index is 2.10. The second kappa shape index (κ2) is 10.6. The molecule has 0 saturated heterocycles. The molecule has 1 aromatic heterocycles. The number of benzene rings is 2. The van der Waals surface area contributed by atoms with Crippen molar-refractivity contribution in [3.05, 3.63) is 77.1 Å². The van der Waals surface area contributed by atoms with Crippen LogP contribution in [0.1, 0.15) is 53.5 Å². The smallest absolute Gasteiger partial charge is 0.406 e. The number of halogens is 3. The number of unbranched alkanes of at least 4 members (excludes halogenated alkanes) is 2. The van der Waals surface area contributed by atoms with Gasteiger partial charge >= 0.3 is 6.36 Å². The Kier molecular flexibility index (Phi) is 7.84. The highest BCUT2D eigenvalue weighted by Gasteiger charge is 2.31. The van der Waals surface area contributed by atoms with Crippen molar-refractivity contribution < 1.29 is 22.7 Å². The van der Waals surface area contributed by atoms with E-state index in [1.807, 2.05) is 37.3 Å². The number of hydrogen-bond donors (Lipinski definition) is 1. The number of nitrogens with zero attached hydrogens (tertiary/aromatic N) is 1. The molecule has 33 heavy (non-hydrogen) atoms. The number of hydrogen-bond acceptors (Lipinski definition) is 2. The standard InChI is InChI=1S/C26H29F3N2O2/c1-3-4-6-14-22-24(20-12-9-13-21(17-20)33-26(27,28)29)23(25(30)32)18(2)31(22)16-15-19-10-7-5-8-11-19/h5,7-13,17H,3-4,6,14-16H2,1-2H3,(H2,30,32). The van der Waals surface area contributed by atoms with E-state index in [9.17, 15) is 18.0 Å². The molecule has 0 bridgehead atoms. The number of ether oxygens (including phenoxy) is 1.